The van der Waals surface area contributed by atoms with Gasteiger partial charge in [0, 0.05) is 5.38 Å². The molecule has 1 aromatic heterocycles. The molecule has 1 rings (SSSR count). The number of rotatable bonds is 6. The summed E-state index contributed by atoms with van der Waals surface area (Å²) in [5, 5.41) is 4.89. The van der Waals surface area contributed by atoms with Crippen LogP contribution >= 0.6 is 22.9 Å². The number of halogens is 1. The number of carbonyl (C=O) groups excluding carboxylic acids is 1. The quantitative estimate of drug-likeness (QED) is 0.629. The Balaban J connectivity index is 2.23. The number of aromatic nitrogens is 1. The number of thiazole rings is 1. The summed E-state index contributed by atoms with van der Waals surface area (Å²) in [7, 11) is 0. The highest BCUT2D eigenvalue weighted by atomic mass is 35.5. The number of nitrogens with zero attached hydrogens (tertiary/aromatic N) is 1. The maximum absolute atomic E-state index is 11.3. The van der Waals surface area contributed by atoms with E-state index >= 15 is 0 Å². The lowest BCUT2D eigenvalue weighted by Gasteiger charge is -2.03. The second-order valence-electron chi connectivity index (χ2n) is 3.25. The molecule has 0 saturated carbocycles. The first-order valence-electron chi connectivity index (χ1n) is 5.20. The van der Waals surface area contributed by atoms with Crippen LogP contribution < -0.4 is 5.32 Å². The molecule has 4 nitrogen and oxygen atoms in total. The van der Waals surface area contributed by atoms with Gasteiger partial charge in [0.1, 0.15) is 0 Å². The second kappa shape index (κ2) is 7.46. The Labute approximate surface area is 104 Å². The highest BCUT2D eigenvalue weighted by molar-refractivity contribution is 7.13. The summed E-state index contributed by atoms with van der Waals surface area (Å²) in [4.78, 5) is 15.4. The van der Waals surface area contributed by atoms with Gasteiger partial charge in [-0.25, -0.2) is 9.78 Å². The Morgan fingerprint density at radius 3 is 3.06 bits per heavy atom. The van der Waals surface area contributed by atoms with E-state index in [0.29, 0.717) is 17.6 Å². The maximum Gasteiger partial charge on any atom is 0.413 e. The lowest BCUT2D eigenvalue weighted by molar-refractivity contribution is 0.159. The van der Waals surface area contributed by atoms with Gasteiger partial charge in [-0.3, -0.25) is 5.32 Å². The standard InChI is InChI=1S/C10H15ClN2O2S/c1-2-3-4-5-15-10(14)13-9-12-8(6-11)7-16-9/h7H,2-6H2,1H3,(H,12,13,14). The third kappa shape index (κ3) is 4.81. The minimum Gasteiger partial charge on any atom is -0.449 e. The van der Waals surface area contributed by atoms with Crippen LogP contribution in [-0.4, -0.2) is 17.7 Å². The number of hydrogen-bond acceptors (Lipinski definition) is 4. The van der Waals surface area contributed by atoms with Crippen LogP contribution in [0.15, 0.2) is 5.38 Å². The van der Waals surface area contributed by atoms with E-state index in [1.165, 1.54) is 11.3 Å². The fourth-order valence-electron chi connectivity index (χ4n) is 1.07. The molecular weight excluding hydrogens is 248 g/mol. The number of carbonyl (C=O) groups is 1. The molecule has 0 unspecified atom stereocenters. The summed E-state index contributed by atoms with van der Waals surface area (Å²) in [5.74, 6) is 0.351. The predicted octanol–water partition coefficient (Wildman–Crippen LogP) is 3.62. The van der Waals surface area contributed by atoms with Crippen LogP contribution in [0.4, 0.5) is 9.93 Å². The molecule has 0 aliphatic rings. The number of amides is 1. The van der Waals surface area contributed by atoms with Crippen LogP contribution in [0.25, 0.3) is 0 Å². The molecule has 0 aromatic carbocycles. The zero-order valence-electron chi connectivity index (χ0n) is 9.16. The number of anilines is 1. The van der Waals surface area contributed by atoms with Crippen molar-refractivity contribution in [3.05, 3.63) is 11.1 Å². The first-order chi connectivity index (χ1) is 7.76. The van der Waals surface area contributed by atoms with Crippen LogP contribution in [0.3, 0.4) is 0 Å². The third-order valence-electron chi connectivity index (χ3n) is 1.88. The molecule has 90 valence electrons. The minimum atomic E-state index is -0.452. The van der Waals surface area contributed by atoms with Gasteiger partial charge < -0.3 is 4.74 Å². The monoisotopic (exact) mass is 262 g/mol. The zero-order valence-corrected chi connectivity index (χ0v) is 10.7. The van der Waals surface area contributed by atoms with E-state index in [1.807, 2.05) is 0 Å². The Kier molecular flexibility index (Phi) is 6.18. The number of ether oxygens (including phenoxy) is 1. The second-order valence-corrected chi connectivity index (χ2v) is 4.37. The predicted molar refractivity (Wildman–Crippen MR) is 66.2 cm³/mol. The molecule has 1 amide bonds. The average Bonchev–Trinajstić information content (AvgIpc) is 2.72. The van der Waals surface area contributed by atoms with Crippen molar-refractivity contribution < 1.29 is 9.53 Å². The SMILES string of the molecule is CCCCCOC(=O)Nc1nc(CCl)cs1. The Morgan fingerprint density at radius 2 is 2.44 bits per heavy atom. The van der Waals surface area contributed by atoms with Gasteiger partial charge in [0.05, 0.1) is 18.2 Å². The van der Waals surface area contributed by atoms with Crippen molar-refractivity contribution in [3.8, 4) is 0 Å². The average molecular weight is 263 g/mol. The van der Waals surface area contributed by atoms with Crippen LogP contribution in [0.5, 0.6) is 0 Å². The molecule has 0 fully saturated rings. The minimum absolute atomic E-state index is 0.351. The molecule has 6 heteroatoms. The molecule has 0 bridgehead atoms. The van der Waals surface area contributed by atoms with Crippen molar-refractivity contribution in [2.24, 2.45) is 0 Å². The summed E-state index contributed by atoms with van der Waals surface area (Å²) in [6, 6.07) is 0. The zero-order chi connectivity index (χ0) is 11.8. The van der Waals surface area contributed by atoms with Crippen molar-refractivity contribution in [1.82, 2.24) is 4.98 Å². The fourth-order valence-corrected chi connectivity index (χ4v) is 1.99. The van der Waals surface area contributed by atoms with E-state index < -0.39 is 6.09 Å². The Morgan fingerprint density at radius 1 is 1.62 bits per heavy atom. The van der Waals surface area contributed by atoms with Gasteiger partial charge in [-0.15, -0.1) is 22.9 Å². The molecule has 0 spiro atoms. The Bertz CT molecular complexity index is 330. The summed E-state index contributed by atoms with van der Waals surface area (Å²) >= 11 is 6.93. The van der Waals surface area contributed by atoms with E-state index in [1.54, 1.807) is 5.38 Å². The van der Waals surface area contributed by atoms with Gasteiger partial charge in [-0.1, -0.05) is 19.8 Å². The molecule has 0 atom stereocenters. The number of hydrogen-bond donors (Lipinski definition) is 1. The molecule has 0 saturated heterocycles. The lowest BCUT2D eigenvalue weighted by atomic mass is 10.3. The highest BCUT2D eigenvalue weighted by Gasteiger charge is 2.06. The molecule has 0 radical (unpaired) electrons. The van der Waals surface area contributed by atoms with Gasteiger partial charge in [0.15, 0.2) is 5.13 Å². The molecule has 0 aliphatic carbocycles. The summed E-state index contributed by atoms with van der Waals surface area (Å²) in [6.45, 7) is 2.55. The fraction of sp³-hybridized carbons (Fsp3) is 0.600. The van der Waals surface area contributed by atoms with Crippen LogP contribution in [0.1, 0.15) is 31.9 Å². The van der Waals surface area contributed by atoms with Crippen molar-refractivity contribution >= 4 is 34.2 Å². The van der Waals surface area contributed by atoms with Crippen molar-refractivity contribution in [2.45, 2.75) is 32.1 Å². The third-order valence-corrected chi connectivity index (χ3v) is 2.96. The summed E-state index contributed by atoms with van der Waals surface area (Å²) < 4.78 is 4.97. The first kappa shape index (κ1) is 13.3. The number of unbranched alkanes of at least 4 members (excludes halogenated alkanes) is 2. The van der Waals surface area contributed by atoms with Crippen LogP contribution in [0.2, 0.25) is 0 Å². The van der Waals surface area contributed by atoms with Gasteiger partial charge in [0.25, 0.3) is 0 Å². The topological polar surface area (TPSA) is 51.2 Å². The van der Waals surface area contributed by atoms with E-state index in [-0.39, 0.29) is 0 Å². The van der Waals surface area contributed by atoms with Gasteiger partial charge >= 0.3 is 6.09 Å². The summed E-state index contributed by atoms with van der Waals surface area (Å²) in [6.07, 6.45) is 2.62. The van der Waals surface area contributed by atoms with E-state index in [4.69, 9.17) is 16.3 Å². The lowest BCUT2D eigenvalue weighted by Crippen LogP contribution is -2.14. The summed E-state index contributed by atoms with van der Waals surface area (Å²) in [5.41, 5.74) is 0.757. The largest absolute Gasteiger partial charge is 0.449 e. The Hall–Kier alpha value is -0.810. The molecular formula is C10H15ClN2O2S. The smallest absolute Gasteiger partial charge is 0.413 e. The van der Waals surface area contributed by atoms with Crippen LogP contribution in [-0.2, 0) is 10.6 Å². The van der Waals surface area contributed by atoms with Gasteiger partial charge in [-0.05, 0) is 6.42 Å². The molecule has 0 aliphatic heterocycles. The highest BCUT2D eigenvalue weighted by Crippen LogP contribution is 2.16. The van der Waals surface area contributed by atoms with E-state index in [2.05, 4.69) is 17.2 Å². The molecule has 1 aromatic rings. The van der Waals surface area contributed by atoms with Crippen molar-refractivity contribution in [3.63, 3.8) is 0 Å². The van der Waals surface area contributed by atoms with Gasteiger partial charge in [-0.2, -0.15) is 0 Å². The van der Waals surface area contributed by atoms with Crippen LogP contribution in [0, 0.1) is 0 Å². The molecule has 1 N–H and O–H groups in total. The molecule has 1 heterocycles. The van der Waals surface area contributed by atoms with Crippen molar-refractivity contribution in [1.29, 1.82) is 0 Å². The van der Waals surface area contributed by atoms with E-state index in [0.717, 1.165) is 25.0 Å². The first-order valence-corrected chi connectivity index (χ1v) is 6.61. The van der Waals surface area contributed by atoms with E-state index in [9.17, 15) is 4.79 Å². The molecule has 16 heavy (non-hydrogen) atoms. The maximum atomic E-state index is 11.3. The number of nitrogens with one attached hydrogen (secondary N) is 1. The van der Waals surface area contributed by atoms with Crippen molar-refractivity contribution in [2.75, 3.05) is 11.9 Å². The normalized spacial score (nSPS) is 10.1. The van der Waals surface area contributed by atoms with Gasteiger partial charge in [0.2, 0.25) is 0 Å². The number of alkyl halides is 1.